The van der Waals surface area contributed by atoms with E-state index in [0.717, 1.165) is 18.2 Å². The summed E-state index contributed by atoms with van der Waals surface area (Å²) in [7, 11) is -1.83. The fourth-order valence-electron chi connectivity index (χ4n) is 1.93. The minimum absolute atomic E-state index is 0.0763. The van der Waals surface area contributed by atoms with Crippen molar-refractivity contribution in [2.24, 2.45) is 5.73 Å². The smallest absolute Gasteiger partial charge is 0.240 e. The Bertz CT molecular complexity index is 726. The van der Waals surface area contributed by atoms with Crippen LogP contribution in [0.15, 0.2) is 18.2 Å². The topological polar surface area (TPSA) is 72.2 Å². The van der Waals surface area contributed by atoms with Gasteiger partial charge in [0.15, 0.2) is 0 Å². The van der Waals surface area contributed by atoms with Gasteiger partial charge < -0.3 is 11.1 Å². The molecule has 1 rings (SSSR count). The van der Waals surface area contributed by atoms with Crippen LogP contribution in [0.2, 0.25) is 18.1 Å². The van der Waals surface area contributed by atoms with Crippen molar-refractivity contribution in [3.63, 3.8) is 0 Å². The number of nitrogens with two attached hydrogens (primary N) is 1. The lowest BCUT2D eigenvalue weighted by atomic mass is 10.1. The molecule has 142 valence electrons. The van der Waals surface area contributed by atoms with E-state index in [4.69, 9.17) is 5.73 Å². The SMILES string of the molecule is CC(C)(C)[Si](C)(C)C#CC[C@@H](NC(=O)Cc1cc(F)cc(F)c1)C(N)=O. The van der Waals surface area contributed by atoms with Gasteiger partial charge in [0.05, 0.1) is 6.42 Å². The number of carbonyl (C=O) groups is 2. The number of halogens is 2. The van der Waals surface area contributed by atoms with Crippen LogP contribution in [0, 0.1) is 23.1 Å². The van der Waals surface area contributed by atoms with Crippen molar-refractivity contribution in [1.29, 1.82) is 0 Å². The van der Waals surface area contributed by atoms with Crippen LogP contribution in [-0.2, 0) is 16.0 Å². The molecule has 0 heterocycles. The van der Waals surface area contributed by atoms with E-state index in [2.05, 4.69) is 50.6 Å². The van der Waals surface area contributed by atoms with Gasteiger partial charge in [-0.05, 0) is 22.7 Å². The van der Waals surface area contributed by atoms with Gasteiger partial charge in [-0.15, -0.1) is 11.5 Å². The van der Waals surface area contributed by atoms with Crippen LogP contribution < -0.4 is 11.1 Å². The van der Waals surface area contributed by atoms with Gasteiger partial charge in [0, 0.05) is 12.5 Å². The van der Waals surface area contributed by atoms with Crippen molar-refractivity contribution in [3.8, 4) is 11.5 Å². The number of rotatable bonds is 5. The minimum Gasteiger partial charge on any atom is -0.368 e. The molecular weight excluding hydrogens is 354 g/mol. The molecule has 1 aromatic carbocycles. The number of hydrogen-bond acceptors (Lipinski definition) is 2. The first-order valence-electron chi connectivity index (χ1n) is 8.35. The predicted octanol–water partition coefficient (Wildman–Crippen LogP) is 2.92. The molecule has 0 bridgehead atoms. The number of primary amides is 1. The molecule has 0 spiro atoms. The highest BCUT2D eigenvalue weighted by Gasteiger charge is 2.33. The summed E-state index contributed by atoms with van der Waals surface area (Å²) in [5.41, 5.74) is 8.76. The molecule has 0 saturated carbocycles. The third kappa shape index (κ3) is 6.60. The van der Waals surface area contributed by atoms with Gasteiger partial charge in [0.1, 0.15) is 25.8 Å². The van der Waals surface area contributed by atoms with E-state index in [1.165, 1.54) is 0 Å². The largest absolute Gasteiger partial charge is 0.368 e. The number of benzene rings is 1. The average Bonchev–Trinajstić information content (AvgIpc) is 2.43. The first kappa shape index (κ1) is 21.8. The third-order valence-corrected chi connectivity index (χ3v) is 9.10. The minimum atomic E-state index is -1.83. The highest BCUT2D eigenvalue weighted by Crippen LogP contribution is 2.35. The average molecular weight is 381 g/mol. The molecule has 0 aromatic heterocycles. The van der Waals surface area contributed by atoms with E-state index in [0.29, 0.717) is 0 Å². The number of nitrogens with one attached hydrogen (secondary N) is 1. The Morgan fingerprint density at radius 1 is 1.19 bits per heavy atom. The molecule has 4 nitrogen and oxygen atoms in total. The van der Waals surface area contributed by atoms with E-state index >= 15 is 0 Å². The van der Waals surface area contributed by atoms with Crippen molar-refractivity contribution in [2.45, 2.75) is 57.8 Å². The second-order valence-electron chi connectivity index (χ2n) is 7.86. The summed E-state index contributed by atoms with van der Waals surface area (Å²) in [5.74, 6) is 0.200. The molecule has 0 saturated heterocycles. The normalized spacial score (nSPS) is 12.7. The van der Waals surface area contributed by atoms with Gasteiger partial charge in [-0.1, -0.05) is 33.9 Å². The van der Waals surface area contributed by atoms with E-state index in [9.17, 15) is 18.4 Å². The van der Waals surface area contributed by atoms with Crippen LogP contribution in [0.3, 0.4) is 0 Å². The summed E-state index contributed by atoms with van der Waals surface area (Å²) >= 11 is 0. The lowest BCUT2D eigenvalue weighted by Crippen LogP contribution is -2.45. The van der Waals surface area contributed by atoms with E-state index in [1.54, 1.807) is 0 Å². The second-order valence-corrected chi connectivity index (χ2v) is 12.9. The summed E-state index contributed by atoms with van der Waals surface area (Å²) in [6, 6.07) is 1.92. The van der Waals surface area contributed by atoms with Gasteiger partial charge in [-0.2, -0.15) is 0 Å². The molecule has 0 fully saturated rings. The van der Waals surface area contributed by atoms with E-state index < -0.39 is 37.6 Å². The maximum absolute atomic E-state index is 13.2. The van der Waals surface area contributed by atoms with Crippen LogP contribution in [0.1, 0.15) is 32.8 Å². The maximum atomic E-state index is 13.2. The summed E-state index contributed by atoms with van der Waals surface area (Å²) in [5, 5.41) is 2.56. The number of amides is 2. The van der Waals surface area contributed by atoms with Crippen LogP contribution in [0.25, 0.3) is 0 Å². The highest BCUT2D eigenvalue weighted by atomic mass is 28.3. The Kier molecular flexibility index (Phi) is 7.10. The summed E-state index contributed by atoms with van der Waals surface area (Å²) in [6.07, 6.45) is -0.154. The van der Waals surface area contributed by atoms with E-state index in [-0.39, 0.29) is 23.4 Å². The Morgan fingerprint density at radius 2 is 1.73 bits per heavy atom. The zero-order valence-electron chi connectivity index (χ0n) is 15.9. The van der Waals surface area contributed by atoms with Gasteiger partial charge in [-0.25, -0.2) is 8.78 Å². The Balaban J connectivity index is 2.77. The fraction of sp³-hybridized carbons (Fsp3) is 0.474. The van der Waals surface area contributed by atoms with Gasteiger partial charge in [0.2, 0.25) is 11.8 Å². The van der Waals surface area contributed by atoms with E-state index in [1.807, 2.05) is 0 Å². The lowest BCUT2D eigenvalue weighted by Gasteiger charge is -2.31. The third-order valence-electron chi connectivity index (χ3n) is 4.55. The number of hydrogen-bond donors (Lipinski definition) is 2. The summed E-state index contributed by atoms with van der Waals surface area (Å²) < 4.78 is 26.4. The molecule has 7 heteroatoms. The predicted molar refractivity (Wildman–Crippen MR) is 101 cm³/mol. The number of carbonyl (C=O) groups excluding carboxylic acids is 2. The first-order chi connectivity index (χ1) is 11.8. The van der Waals surface area contributed by atoms with Crippen molar-refractivity contribution in [2.75, 3.05) is 0 Å². The fourth-order valence-corrected chi connectivity index (χ4v) is 2.85. The quantitative estimate of drug-likeness (QED) is 0.609. The van der Waals surface area contributed by atoms with Gasteiger partial charge in [0.25, 0.3) is 0 Å². The van der Waals surface area contributed by atoms with Crippen LogP contribution in [0.5, 0.6) is 0 Å². The van der Waals surface area contributed by atoms with Crippen molar-refractivity contribution < 1.29 is 18.4 Å². The van der Waals surface area contributed by atoms with Gasteiger partial charge >= 0.3 is 0 Å². The highest BCUT2D eigenvalue weighted by molar-refractivity contribution is 6.87. The maximum Gasteiger partial charge on any atom is 0.240 e. The molecule has 0 radical (unpaired) electrons. The molecule has 1 atom stereocenters. The van der Waals surface area contributed by atoms with Crippen LogP contribution >= 0.6 is 0 Å². The second kappa shape index (κ2) is 8.45. The molecule has 1 aromatic rings. The first-order valence-corrected chi connectivity index (χ1v) is 11.4. The Morgan fingerprint density at radius 3 is 2.19 bits per heavy atom. The molecule has 0 aliphatic heterocycles. The molecule has 2 amide bonds. The zero-order chi connectivity index (χ0) is 20.1. The Labute approximate surface area is 154 Å². The van der Waals surface area contributed by atoms with Crippen molar-refractivity contribution in [3.05, 3.63) is 35.4 Å². The molecule has 0 aliphatic carbocycles. The molecule has 0 aliphatic rings. The molecular formula is C19H26F2N2O2Si. The summed E-state index contributed by atoms with van der Waals surface area (Å²) in [6.45, 7) is 10.6. The standard InChI is InChI=1S/C19H26F2N2O2Si/c1-19(2,3)26(4,5)8-6-7-16(18(22)25)23-17(24)11-13-9-14(20)12-15(21)10-13/h9-10,12,16H,7,11H2,1-5H3,(H2,22,25)(H,23,24)/t16-/m1/s1. The molecule has 3 N–H and O–H groups in total. The van der Waals surface area contributed by atoms with Crippen LogP contribution in [-0.4, -0.2) is 25.9 Å². The van der Waals surface area contributed by atoms with Crippen molar-refractivity contribution in [1.82, 2.24) is 5.32 Å². The van der Waals surface area contributed by atoms with Crippen molar-refractivity contribution >= 4 is 19.9 Å². The zero-order valence-corrected chi connectivity index (χ0v) is 16.9. The van der Waals surface area contributed by atoms with Gasteiger partial charge in [-0.3, -0.25) is 9.59 Å². The molecule has 0 unspecified atom stereocenters. The Hall–Kier alpha value is -2.20. The van der Waals surface area contributed by atoms with Crippen LogP contribution in [0.4, 0.5) is 8.78 Å². The molecule has 26 heavy (non-hydrogen) atoms. The lowest BCUT2D eigenvalue weighted by molar-refractivity contribution is -0.126. The summed E-state index contributed by atoms with van der Waals surface area (Å²) in [4.78, 5) is 23.6. The monoisotopic (exact) mass is 380 g/mol.